The number of ether oxygens (including phenoxy) is 1. The van der Waals surface area contributed by atoms with Crippen molar-refractivity contribution in [2.75, 3.05) is 24.8 Å². The van der Waals surface area contributed by atoms with Crippen molar-refractivity contribution >= 4 is 17.3 Å². The van der Waals surface area contributed by atoms with E-state index < -0.39 is 5.82 Å². The number of hydrogen-bond acceptors (Lipinski definition) is 6. The van der Waals surface area contributed by atoms with Gasteiger partial charge in [0.1, 0.15) is 12.1 Å². The zero-order valence-corrected chi connectivity index (χ0v) is 10.9. The third-order valence-corrected chi connectivity index (χ3v) is 2.60. The van der Waals surface area contributed by atoms with Gasteiger partial charge in [-0.15, -0.1) is 0 Å². The maximum atomic E-state index is 13.8. The first-order valence-electron chi connectivity index (χ1n) is 5.73. The molecule has 0 fully saturated rings. The van der Waals surface area contributed by atoms with Crippen LogP contribution in [0.2, 0.25) is 0 Å². The van der Waals surface area contributed by atoms with E-state index in [9.17, 15) is 4.39 Å². The molecule has 1 heterocycles. The van der Waals surface area contributed by atoms with Gasteiger partial charge in [-0.2, -0.15) is 5.26 Å². The standard InChI is InChI=1S/C13H12FN5O/c1-16-12-11(20-2)13(18-7-17-12)19-10-4-3-8(6-15)5-9(10)14/h3-5,7H,1-2H3,(H2,16,17,18,19). The molecule has 0 spiro atoms. The number of anilines is 3. The molecule has 0 saturated carbocycles. The van der Waals surface area contributed by atoms with E-state index in [2.05, 4.69) is 20.6 Å². The molecule has 0 aliphatic carbocycles. The molecule has 0 amide bonds. The number of halogens is 1. The average Bonchev–Trinajstić information content (AvgIpc) is 2.48. The SMILES string of the molecule is CNc1ncnc(Nc2ccc(C#N)cc2F)c1OC. The molecule has 102 valence electrons. The van der Waals surface area contributed by atoms with E-state index in [1.54, 1.807) is 7.05 Å². The molecule has 2 rings (SSSR count). The van der Waals surface area contributed by atoms with Crippen LogP contribution in [0.3, 0.4) is 0 Å². The maximum absolute atomic E-state index is 13.8. The fourth-order valence-corrected chi connectivity index (χ4v) is 1.65. The highest BCUT2D eigenvalue weighted by molar-refractivity contribution is 5.69. The van der Waals surface area contributed by atoms with Crippen molar-refractivity contribution in [3.8, 4) is 11.8 Å². The summed E-state index contributed by atoms with van der Waals surface area (Å²) in [6.07, 6.45) is 1.33. The van der Waals surface area contributed by atoms with E-state index in [0.717, 1.165) is 6.07 Å². The Morgan fingerprint density at radius 1 is 1.30 bits per heavy atom. The predicted octanol–water partition coefficient (Wildman–Crippen LogP) is 2.28. The lowest BCUT2D eigenvalue weighted by molar-refractivity contribution is 0.415. The summed E-state index contributed by atoms with van der Waals surface area (Å²) in [5.74, 6) is 0.643. The Balaban J connectivity index is 2.38. The first kappa shape index (κ1) is 13.5. The van der Waals surface area contributed by atoms with Crippen LogP contribution in [0.15, 0.2) is 24.5 Å². The summed E-state index contributed by atoms with van der Waals surface area (Å²) >= 11 is 0. The molecule has 0 aliphatic rings. The molecular weight excluding hydrogens is 261 g/mol. The Labute approximate surface area is 115 Å². The predicted molar refractivity (Wildman–Crippen MR) is 72.5 cm³/mol. The lowest BCUT2D eigenvalue weighted by atomic mass is 10.2. The molecule has 2 aromatic rings. The summed E-state index contributed by atoms with van der Waals surface area (Å²) < 4.78 is 19.0. The average molecular weight is 273 g/mol. The molecule has 0 atom stereocenters. The van der Waals surface area contributed by atoms with E-state index in [0.29, 0.717) is 17.4 Å². The van der Waals surface area contributed by atoms with Gasteiger partial charge in [0.25, 0.3) is 0 Å². The molecule has 20 heavy (non-hydrogen) atoms. The highest BCUT2D eigenvalue weighted by Gasteiger charge is 2.13. The lowest BCUT2D eigenvalue weighted by Gasteiger charge is -2.13. The Morgan fingerprint density at radius 3 is 2.65 bits per heavy atom. The van der Waals surface area contributed by atoms with Crippen LogP contribution in [0.5, 0.6) is 5.75 Å². The molecule has 7 heteroatoms. The Bertz CT molecular complexity index is 668. The van der Waals surface area contributed by atoms with E-state index >= 15 is 0 Å². The Hall–Kier alpha value is -2.88. The van der Waals surface area contributed by atoms with Crippen molar-refractivity contribution in [1.29, 1.82) is 5.26 Å². The fourth-order valence-electron chi connectivity index (χ4n) is 1.65. The van der Waals surface area contributed by atoms with Gasteiger partial charge in [-0.05, 0) is 18.2 Å². The van der Waals surface area contributed by atoms with Gasteiger partial charge in [0, 0.05) is 7.05 Å². The monoisotopic (exact) mass is 273 g/mol. The van der Waals surface area contributed by atoms with Crippen molar-refractivity contribution in [2.45, 2.75) is 0 Å². The summed E-state index contributed by atoms with van der Waals surface area (Å²) in [4.78, 5) is 8.01. The van der Waals surface area contributed by atoms with Gasteiger partial charge < -0.3 is 15.4 Å². The summed E-state index contributed by atoms with van der Waals surface area (Å²) in [6, 6.07) is 6.00. The first-order chi connectivity index (χ1) is 9.69. The van der Waals surface area contributed by atoms with Crippen LogP contribution in [-0.2, 0) is 0 Å². The Kier molecular flexibility index (Phi) is 3.96. The molecule has 1 aromatic carbocycles. The number of aromatic nitrogens is 2. The van der Waals surface area contributed by atoms with Gasteiger partial charge in [0.05, 0.1) is 24.4 Å². The topological polar surface area (TPSA) is 82.9 Å². The quantitative estimate of drug-likeness (QED) is 0.889. The lowest BCUT2D eigenvalue weighted by Crippen LogP contribution is -2.04. The zero-order valence-electron chi connectivity index (χ0n) is 10.9. The molecule has 2 N–H and O–H groups in total. The van der Waals surface area contributed by atoms with Crippen LogP contribution in [-0.4, -0.2) is 24.1 Å². The maximum Gasteiger partial charge on any atom is 0.204 e. The van der Waals surface area contributed by atoms with Crippen LogP contribution in [0.25, 0.3) is 0 Å². The molecule has 1 aromatic heterocycles. The minimum Gasteiger partial charge on any atom is -0.490 e. The van der Waals surface area contributed by atoms with Crippen molar-refractivity contribution in [1.82, 2.24) is 9.97 Å². The number of nitrogens with one attached hydrogen (secondary N) is 2. The zero-order chi connectivity index (χ0) is 14.5. The van der Waals surface area contributed by atoms with Crippen LogP contribution < -0.4 is 15.4 Å². The largest absolute Gasteiger partial charge is 0.490 e. The van der Waals surface area contributed by atoms with E-state index in [1.807, 2.05) is 6.07 Å². The van der Waals surface area contributed by atoms with Gasteiger partial charge in [-0.25, -0.2) is 14.4 Å². The molecule has 0 radical (unpaired) electrons. The number of rotatable bonds is 4. The van der Waals surface area contributed by atoms with E-state index in [1.165, 1.54) is 25.6 Å². The third kappa shape index (κ3) is 2.59. The summed E-state index contributed by atoms with van der Waals surface area (Å²) in [5.41, 5.74) is 0.446. The number of methoxy groups -OCH3 is 1. The second-order valence-corrected chi connectivity index (χ2v) is 3.79. The minimum absolute atomic E-state index is 0.197. The fraction of sp³-hybridized carbons (Fsp3) is 0.154. The second-order valence-electron chi connectivity index (χ2n) is 3.79. The summed E-state index contributed by atoms with van der Waals surface area (Å²) in [6.45, 7) is 0. The van der Waals surface area contributed by atoms with Gasteiger partial charge in [0.15, 0.2) is 11.6 Å². The van der Waals surface area contributed by atoms with Crippen LogP contribution in [0.4, 0.5) is 21.7 Å². The highest BCUT2D eigenvalue weighted by Crippen LogP contribution is 2.31. The molecule has 0 bridgehead atoms. The van der Waals surface area contributed by atoms with E-state index in [4.69, 9.17) is 10.00 Å². The number of hydrogen-bond donors (Lipinski definition) is 2. The molecule has 0 aliphatic heterocycles. The highest BCUT2D eigenvalue weighted by atomic mass is 19.1. The minimum atomic E-state index is -0.546. The van der Waals surface area contributed by atoms with Crippen molar-refractivity contribution in [3.63, 3.8) is 0 Å². The third-order valence-electron chi connectivity index (χ3n) is 2.60. The van der Waals surface area contributed by atoms with Gasteiger partial charge in [-0.3, -0.25) is 0 Å². The summed E-state index contributed by atoms with van der Waals surface area (Å²) in [5, 5.41) is 14.4. The second kappa shape index (κ2) is 5.84. The van der Waals surface area contributed by atoms with Crippen molar-refractivity contribution in [2.24, 2.45) is 0 Å². The number of nitrogens with zero attached hydrogens (tertiary/aromatic N) is 3. The van der Waals surface area contributed by atoms with Gasteiger partial charge in [0.2, 0.25) is 5.75 Å². The first-order valence-corrected chi connectivity index (χ1v) is 5.73. The van der Waals surface area contributed by atoms with E-state index in [-0.39, 0.29) is 11.3 Å². The molecule has 0 unspecified atom stereocenters. The molecule has 0 saturated heterocycles. The van der Waals surface area contributed by atoms with Crippen molar-refractivity contribution in [3.05, 3.63) is 35.9 Å². The number of benzene rings is 1. The Morgan fingerprint density at radius 2 is 2.05 bits per heavy atom. The summed E-state index contributed by atoms with van der Waals surface area (Å²) in [7, 11) is 3.16. The number of nitriles is 1. The van der Waals surface area contributed by atoms with Crippen LogP contribution in [0.1, 0.15) is 5.56 Å². The molecular formula is C13H12FN5O. The van der Waals surface area contributed by atoms with Crippen molar-refractivity contribution < 1.29 is 9.13 Å². The molecule has 6 nitrogen and oxygen atoms in total. The van der Waals surface area contributed by atoms with Gasteiger partial charge in [-0.1, -0.05) is 0 Å². The smallest absolute Gasteiger partial charge is 0.204 e. The normalized spacial score (nSPS) is 9.70. The van der Waals surface area contributed by atoms with Crippen LogP contribution >= 0.6 is 0 Å². The van der Waals surface area contributed by atoms with Gasteiger partial charge >= 0.3 is 0 Å². The van der Waals surface area contributed by atoms with Crippen LogP contribution in [0, 0.1) is 17.1 Å².